The third-order valence-electron chi connectivity index (χ3n) is 4.37. The van der Waals surface area contributed by atoms with Crippen LogP contribution in [-0.2, 0) is 4.74 Å². The number of rotatable bonds is 1. The van der Waals surface area contributed by atoms with Gasteiger partial charge >= 0.3 is 6.09 Å². The van der Waals surface area contributed by atoms with Gasteiger partial charge in [0.2, 0.25) is 0 Å². The summed E-state index contributed by atoms with van der Waals surface area (Å²) in [6.45, 7) is 6.44. The predicted octanol–water partition coefficient (Wildman–Crippen LogP) is 2.94. The zero-order valence-electron chi connectivity index (χ0n) is 12.4. The summed E-state index contributed by atoms with van der Waals surface area (Å²) in [7, 11) is 0. The van der Waals surface area contributed by atoms with Crippen molar-refractivity contribution in [2.45, 2.75) is 70.9 Å². The number of carbonyl (C=O) groups is 1. The fourth-order valence-corrected chi connectivity index (χ4v) is 3.53. The van der Waals surface area contributed by atoms with Crippen LogP contribution in [0.3, 0.4) is 0 Å². The molecule has 4 nitrogen and oxygen atoms in total. The third-order valence-corrected chi connectivity index (χ3v) is 4.37. The standard InChI is InChI=1S/C15H27NO3/c1-14(2,3)19-13(18)16-11-15(9-12(16)10-17)7-5-4-6-8-15/h12,17H,4-11H2,1-3H3. The highest BCUT2D eigenvalue weighted by atomic mass is 16.6. The first-order valence-corrected chi connectivity index (χ1v) is 7.46. The minimum absolute atomic E-state index is 0.0427. The van der Waals surface area contributed by atoms with E-state index in [2.05, 4.69) is 0 Å². The van der Waals surface area contributed by atoms with E-state index in [0.717, 1.165) is 13.0 Å². The number of ether oxygens (including phenoxy) is 1. The maximum absolute atomic E-state index is 12.2. The van der Waals surface area contributed by atoms with E-state index >= 15 is 0 Å². The van der Waals surface area contributed by atoms with Crippen molar-refractivity contribution in [2.24, 2.45) is 5.41 Å². The third kappa shape index (κ3) is 3.41. The second-order valence-electron chi connectivity index (χ2n) is 7.21. The zero-order valence-corrected chi connectivity index (χ0v) is 12.4. The molecule has 1 spiro atoms. The number of carbonyl (C=O) groups excluding carboxylic acids is 1. The highest BCUT2D eigenvalue weighted by Gasteiger charge is 2.46. The highest BCUT2D eigenvalue weighted by molar-refractivity contribution is 5.69. The number of nitrogens with zero attached hydrogens (tertiary/aromatic N) is 1. The number of amides is 1. The van der Waals surface area contributed by atoms with Gasteiger partial charge in [-0.1, -0.05) is 19.3 Å². The smallest absolute Gasteiger partial charge is 0.410 e. The summed E-state index contributed by atoms with van der Waals surface area (Å²) in [5, 5.41) is 9.55. The average Bonchev–Trinajstić information content (AvgIpc) is 2.67. The van der Waals surface area contributed by atoms with Crippen LogP contribution in [0.1, 0.15) is 59.3 Å². The molecule has 1 N–H and O–H groups in total. The fraction of sp³-hybridized carbons (Fsp3) is 0.933. The number of aliphatic hydroxyl groups is 1. The Morgan fingerprint density at radius 2 is 1.95 bits per heavy atom. The normalized spacial score (nSPS) is 26.7. The average molecular weight is 269 g/mol. The lowest BCUT2D eigenvalue weighted by Gasteiger charge is -2.33. The van der Waals surface area contributed by atoms with Gasteiger partial charge in [0.25, 0.3) is 0 Å². The van der Waals surface area contributed by atoms with Crippen LogP contribution < -0.4 is 0 Å². The summed E-state index contributed by atoms with van der Waals surface area (Å²) in [5.41, 5.74) is -0.234. The summed E-state index contributed by atoms with van der Waals surface area (Å²) in [5.74, 6) is 0. The van der Waals surface area contributed by atoms with Crippen molar-refractivity contribution in [3.63, 3.8) is 0 Å². The summed E-state index contributed by atoms with van der Waals surface area (Å²) in [4.78, 5) is 14.0. The molecule has 1 aliphatic heterocycles. The monoisotopic (exact) mass is 269 g/mol. The maximum atomic E-state index is 12.2. The molecule has 19 heavy (non-hydrogen) atoms. The van der Waals surface area contributed by atoms with E-state index in [1.807, 2.05) is 20.8 Å². The fourth-order valence-electron chi connectivity index (χ4n) is 3.53. The Kier molecular flexibility index (Phi) is 4.09. The number of hydrogen-bond donors (Lipinski definition) is 1. The Balaban J connectivity index is 2.05. The molecule has 0 aromatic rings. The van der Waals surface area contributed by atoms with Gasteiger partial charge in [-0.15, -0.1) is 0 Å². The van der Waals surface area contributed by atoms with Gasteiger partial charge in [0.05, 0.1) is 12.6 Å². The quantitative estimate of drug-likeness (QED) is 0.796. The van der Waals surface area contributed by atoms with Gasteiger partial charge in [-0.25, -0.2) is 4.79 Å². The van der Waals surface area contributed by atoms with Crippen molar-refractivity contribution in [1.29, 1.82) is 0 Å². The minimum atomic E-state index is -0.473. The minimum Gasteiger partial charge on any atom is -0.444 e. The first kappa shape index (κ1) is 14.6. The van der Waals surface area contributed by atoms with Gasteiger partial charge in [0, 0.05) is 6.54 Å². The van der Waals surface area contributed by atoms with Crippen molar-refractivity contribution in [2.75, 3.05) is 13.2 Å². The molecule has 2 rings (SSSR count). The van der Waals surface area contributed by atoms with Gasteiger partial charge < -0.3 is 14.7 Å². The predicted molar refractivity (Wildman–Crippen MR) is 73.9 cm³/mol. The van der Waals surface area contributed by atoms with Crippen LogP contribution >= 0.6 is 0 Å². The van der Waals surface area contributed by atoms with Crippen molar-refractivity contribution < 1.29 is 14.6 Å². The van der Waals surface area contributed by atoms with Crippen molar-refractivity contribution >= 4 is 6.09 Å². The lowest BCUT2D eigenvalue weighted by molar-refractivity contribution is 0.0158. The Morgan fingerprint density at radius 1 is 1.32 bits per heavy atom. The molecular weight excluding hydrogens is 242 g/mol. The van der Waals surface area contributed by atoms with Gasteiger partial charge in [-0.05, 0) is 45.4 Å². The Hall–Kier alpha value is -0.770. The van der Waals surface area contributed by atoms with E-state index in [-0.39, 0.29) is 24.2 Å². The maximum Gasteiger partial charge on any atom is 0.410 e. The van der Waals surface area contributed by atoms with E-state index < -0.39 is 5.60 Å². The van der Waals surface area contributed by atoms with Crippen LogP contribution in [0.4, 0.5) is 4.79 Å². The molecular formula is C15H27NO3. The Morgan fingerprint density at radius 3 is 2.47 bits per heavy atom. The van der Waals surface area contributed by atoms with Crippen LogP contribution in [0.5, 0.6) is 0 Å². The summed E-state index contributed by atoms with van der Waals surface area (Å²) in [6, 6.07) is -0.0621. The molecule has 0 radical (unpaired) electrons. The molecule has 1 saturated carbocycles. The molecule has 4 heteroatoms. The lowest BCUT2D eigenvalue weighted by Crippen LogP contribution is -2.42. The summed E-state index contributed by atoms with van der Waals surface area (Å²) < 4.78 is 5.46. The molecule has 1 aliphatic carbocycles. The molecule has 1 atom stereocenters. The van der Waals surface area contributed by atoms with Gasteiger partial charge in [0.15, 0.2) is 0 Å². The number of aliphatic hydroxyl groups excluding tert-OH is 1. The summed E-state index contributed by atoms with van der Waals surface area (Å²) in [6.07, 6.45) is 6.83. The zero-order chi connectivity index (χ0) is 14.1. The molecule has 0 bridgehead atoms. The molecule has 1 saturated heterocycles. The molecule has 0 aromatic carbocycles. The molecule has 1 amide bonds. The van der Waals surface area contributed by atoms with Crippen LogP contribution in [0.15, 0.2) is 0 Å². The second kappa shape index (κ2) is 5.31. The SMILES string of the molecule is CC(C)(C)OC(=O)N1CC2(CCCCC2)CC1CO. The number of likely N-dealkylation sites (tertiary alicyclic amines) is 1. The number of hydrogen-bond acceptors (Lipinski definition) is 3. The van der Waals surface area contributed by atoms with E-state index in [9.17, 15) is 9.90 Å². The highest BCUT2D eigenvalue weighted by Crippen LogP contribution is 2.46. The first-order valence-electron chi connectivity index (χ1n) is 7.46. The van der Waals surface area contributed by atoms with Gasteiger partial charge in [0.1, 0.15) is 5.60 Å². The molecule has 0 aromatic heterocycles. The molecule has 1 unspecified atom stereocenters. The Labute approximate surface area is 116 Å². The summed E-state index contributed by atoms with van der Waals surface area (Å²) >= 11 is 0. The van der Waals surface area contributed by atoms with Gasteiger partial charge in [-0.3, -0.25) is 0 Å². The van der Waals surface area contributed by atoms with E-state index in [0.29, 0.717) is 0 Å². The van der Waals surface area contributed by atoms with Gasteiger partial charge in [-0.2, -0.15) is 0 Å². The second-order valence-corrected chi connectivity index (χ2v) is 7.21. The van der Waals surface area contributed by atoms with E-state index in [1.54, 1.807) is 4.90 Å². The molecule has 2 fully saturated rings. The molecule has 1 heterocycles. The van der Waals surface area contributed by atoms with E-state index in [1.165, 1.54) is 32.1 Å². The Bertz CT molecular complexity index is 329. The molecule has 2 aliphatic rings. The van der Waals surface area contributed by atoms with Crippen LogP contribution in [-0.4, -0.2) is 40.9 Å². The van der Waals surface area contributed by atoms with Crippen LogP contribution in [0, 0.1) is 5.41 Å². The first-order chi connectivity index (χ1) is 8.85. The molecule has 110 valence electrons. The topological polar surface area (TPSA) is 49.8 Å². The largest absolute Gasteiger partial charge is 0.444 e. The van der Waals surface area contributed by atoms with Crippen LogP contribution in [0.2, 0.25) is 0 Å². The van der Waals surface area contributed by atoms with E-state index in [4.69, 9.17) is 4.74 Å². The lowest BCUT2D eigenvalue weighted by atomic mass is 9.73. The van der Waals surface area contributed by atoms with Crippen molar-refractivity contribution in [1.82, 2.24) is 4.90 Å². The van der Waals surface area contributed by atoms with Crippen molar-refractivity contribution in [3.05, 3.63) is 0 Å². The van der Waals surface area contributed by atoms with Crippen LogP contribution in [0.25, 0.3) is 0 Å². The van der Waals surface area contributed by atoms with Crippen molar-refractivity contribution in [3.8, 4) is 0 Å².